The Hall–Kier alpha value is -0.900. The van der Waals surface area contributed by atoms with E-state index in [1.807, 2.05) is 0 Å². The van der Waals surface area contributed by atoms with Gasteiger partial charge in [-0.25, -0.2) is 0 Å². The van der Waals surface area contributed by atoms with Crippen LogP contribution in [0.4, 0.5) is 0 Å². The van der Waals surface area contributed by atoms with E-state index in [2.05, 4.69) is 57.0 Å². The van der Waals surface area contributed by atoms with E-state index in [-0.39, 0.29) is 5.41 Å². The molecule has 0 aliphatic heterocycles. The zero-order valence-corrected chi connectivity index (χ0v) is 12.6. The molecule has 0 aliphatic rings. The summed E-state index contributed by atoms with van der Waals surface area (Å²) in [6.45, 7) is 14.1. The van der Waals surface area contributed by atoms with Crippen LogP contribution in [0.1, 0.15) is 53.3 Å². The van der Waals surface area contributed by atoms with Crippen LogP contribution in [0.3, 0.4) is 0 Å². The van der Waals surface area contributed by atoms with Gasteiger partial charge in [-0.1, -0.05) is 46.7 Å². The highest BCUT2D eigenvalue weighted by Gasteiger charge is 2.26. The Kier molecular flexibility index (Phi) is 5.32. The van der Waals surface area contributed by atoms with Crippen LogP contribution < -0.4 is 5.32 Å². The molecule has 0 saturated carbocycles. The Morgan fingerprint density at radius 3 is 2.39 bits per heavy atom. The SMILES string of the molecule is CCNC(Cc1nc(CC(C)C)no1)C(C)(C)C. The quantitative estimate of drug-likeness (QED) is 0.847. The Labute approximate surface area is 111 Å². The lowest BCUT2D eigenvalue weighted by molar-refractivity contribution is 0.247. The molecule has 0 aliphatic carbocycles. The number of aromatic nitrogens is 2. The van der Waals surface area contributed by atoms with Gasteiger partial charge in [0, 0.05) is 18.9 Å². The molecule has 0 amide bonds. The minimum absolute atomic E-state index is 0.183. The third-order valence-electron chi connectivity index (χ3n) is 2.98. The summed E-state index contributed by atoms with van der Waals surface area (Å²) in [4.78, 5) is 4.47. The van der Waals surface area contributed by atoms with Crippen molar-refractivity contribution in [3.63, 3.8) is 0 Å². The molecule has 0 bridgehead atoms. The van der Waals surface area contributed by atoms with Crippen LogP contribution in [0.2, 0.25) is 0 Å². The van der Waals surface area contributed by atoms with Crippen molar-refractivity contribution in [2.24, 2.45) is 11.3 Å². The lowest BCUT2D eigenvalue weighted by Gasteiger charge is -2.30. The number of nitrogens with one attached hydrogen (secondary N) is 1. The first-order valence-corrected chi connectivity index (χ1v) is 6.87. The van der Waals surface area contributed by atoms with E-state index in [0.717, 1.165) is 31.1 Å². The summed E-state index contributed by atoms with van der Waals surface area (Å²) in [6, 6.07) is 0.356. The van der Waals surface area contributed by atoms with Gasteiger partial charge in [0.15, 0.2) is 5.82 Å². The molecule has 1 rings (SSSR count). The van der Waals surface area contributed by atoms with Crippen molar-refractivity contribution in [3.8, 4) is 0 Å². The molecule has 0 spiro atoms. The Balaban J connectivity index is 2.66. The van der Waals surface area contributed by atoms with Gasteiger partial charge in [0.05, 0.1) is 0 Å². The molecule has 1 aromatic rings. The van der Waals surface area contributed by atoms with Crippen LogP contribution in [0.5, 0.6) is 0 Å². The van der Waals surface area contributed by atoms with Crippen molar-refractivity contribution in [3.05, 3.63) is 11.7 Å². The number of hydrogen-bond acceptors (Lipinski definition) is 4. The van der Waals surface area contributed by atoms with E-state index in [4.69, 9.17) is 4.52 Å². The van der Waals surface area contributed by atoms with Crippen LogP contribution >= 0.6 is 0 Å². The maximum Gasteiger partial charge on any atom is 0.228 e. The molecule has 1 unspecified atom stereocenters. The fourth-order valence-corrected chi connectivity index (χ4v) is 1.93. The van der Waals surface area contributed by atoms with Crippen molar-refractivity contribution >= 4 is 0 Å². The van der Waals surface area contributed by atoms with Gasteiger partial charge < -0.3 is 9.84 Å². The highest BCUT2D eigenvalue weighted by atomic mass is 16.5. The summed E-state index contributed by atoms with van der Waals surface area (Å²) in [5.41, 5.74) is 0.183. The molecule has 18 heavy (non-hydrogen) atoms. The normalized spacial score (nSPS) is 14.2. The second kappa shape index (κ2) is 6.32. The average Bonchev–Trinajstić information content (AvgIpc) is 2.62. The van der Waals surface area contributed by atoms with Gasteiger partial charge in [0.1, 0.15) is 0 Å². The molecule has 104 valence electrons. The average molecular weight is 253 g/mol. The smallest absolute Gasteiger partial charge is 0.228 e. The molecule has 1 heterocycles. The van der Waals surface area contributed by atoms with E-state index in [1.54, 1.807) is 0 Å². The zero-order chi connectivity index (χ0) is 13.8. The molecular weight excluding hydrogens is 226 g/mol. The van der Waals surface area contributed by atoms with Crippen molar-refractivity contribution in [1.29, 1.82) is 0 Å². The maximum absolute atomic E-state index is 5.34. The highest BCUT2D eigenvalue weighted by molar-refractivity contribution is 4.93. The van der Waals surface area contributed by atoms with E-state index in [1.165, 1.54) is 0 Å². The molecule has 1 aromatic heterocycles. The summed E-state index contributed by atoms with van der Waals surface area (Å²) >= 11 is 0. The summed E-state index contributed by atoms with van der Waals surface area (Å²) in [5, 5.41) is 7.53. The zero-order valence-electron chi connectivity index (χ0n) is 12.6. The van der Waals surface area contributed by atoms with Crippen LogP contribution in [0, 0.1) is 11.3 Å². The third kappa shape index (κ3) is 4.77. The van der Waals surface area contributed by atoms with Crippen LogP contribution in [-0.2, 0) is 12.8 Å². The lowest BCUT2D eigenvalue weighted by atomic mass is 9.84. The van der Waals surface area contributed by atoms with Gasteiger partial charge in [-0.05, 0) is 17.9 Å². The number of hydrogen-bond donors (Lipinski definition) is 1. The first-order chi connectivity index (χ1) is 8.32. The van der Waals surface area contributed by atoms with Gasteiger partial charge in [-0.3, -0.25) is 0 Å². The van der Waals surface area contributed by atoms with Crippen molar-refractivity contribution < 1.29 is 4.52 Å². The predicted molar refractivity (Wildman–Crippen MR) is 73.5 cm³/mol. The molecule has 4 nitrogen and oxygen atoms in total. The monoisotopic (exact) mass is 253 g/mol. The fraction of sp³-hybridized carbons (Fsp3) is 0.857. The molecule has 4 heteroatoms. The fourth-order valence-electron chi connectivity index (χ4n) is 1.93. The lowest BCUT2D eigenvalue weighted by Crippen LogP contribution is -2.41. The van der Waals surface area contributed by atoms with E-state index in [9.17, 15) is 0 Å². The van der Waals surface area contributed by atoms with E-state index >= 15 is 0 Å². The maximum atomic E-state index is 5.34. The number of rotatable bonds is 6. The van der Waals surface area contributed by atoms with Gasteiger partial charge in [0.2, 0.25) is 5.89 Å². The standard InChI is InChI=1S/C14H27N3O/c1-7-15-11(14(4,5)6)9-13-16-12(17-18-13)8-10(2)3/h10-11,15H,7-9H2,1-6H3. The Morgan fingerprint density at radius 2 is 1.89 bits per heavy atom. The van der Waals surface area contributed by atoms with Gasteiger partial charge in [0.25, 0.3) is 0 Å². The largest absolute Gasteiger partial charge is 0.339 e. The molecule has 1 N–H and O–H groups in total. The summed E-state index contributed by atoms with van der Waals surface area (Å²) in [7, 11) is 0. The minimum atomic E-state index is 0.183. The van der Waals surface area contributed by atoms with Crippen LogP contribution in [-0.4, -0.2) is 22.7 Å². The van der Waals surface area contributed by atoms with E-state index < -0.39 is 0 Å². The van der Waals surface area contributed by atoms with Gasteiger partial charge in [-0.2, -0.15) is 4.98 Å². The van der Waals surface area contributed by atoms with Gasteiger partial charge >= 0.3 is 0 Å². The van der Waals surface area contributed by atoms with Crippen LogP contribution in [0.15, 0.2) is 4.52 Å². The first-order valence-electron chi connectivity index (χ1n) is 6.87. The molecule has 0 aromatic carbocycles. The van der Waals surface area contributed by atoms with Crippen molar-refractivity contribution in [2.45, 2.75) is 60.4 Å². The molecule has 0 saturated heterocycles. The predicted octanol–water partition coefficient (Wildman–Crippen LogP) is 2.83. The minimum Gasteiger partial charge on any atom is -0.339 e. The van der Waals surface area contributed by atoms with Crippen molar-refractivity contribution in [2.75, 3.05) is 6.54 Å². The second-order valence-electron chi connectivity index (χ2n) is 6.38. The van der Waals surface area contributed by atoms with E-state index in [0.29, 0.717) is 12.0 Å². The van der Waals surface area contributed by atoms with Crippen LogP contribution in [0.25, 0.3) is 0 Å². The first kappa shape index (κ1) is 15.2. The molecule has 0 fully saturated rings. The second-order valence-corrected chi connectivity index (χ2v) is 6.38. The summed E-state index contributed by atoms with van der Waals surface area (Å²) < 4.78 is 5.34. The summed E-state index contributed by atoms with van der Waals surface area (Å²) in [5.74, 6) is 2.12. The topological polar surface area (TPSA) is 51.0 Å². The molecule has 1 atom stereocenters. The summed E-state index contributed by atoms with van der Waals surface area (Å²) in [6.07, 6.45) is 1.67. The number of nitrogens with zero attached hydrogens (tertiary/aromatic N) is 2. The van der Waals surface area contributed by atoms with Gasteiger partial charge in [-0.15, -0.1) is 0 Å². The Morgan fingerprint density at radius 1 is 1.22 bits per heavy atom. The number of likely N-dealkylation sites (N-methyl/N-ethyl adjacent to an activating group) is 1. The molecule has 0 radical (unpaired) electrons. The Bertz CT molecular complexity index is 352. The highest BCUT2D eigenvalue weighted by Crippen LogP contribution is 2.22. The van der Waals surface area contributed by atoms with Crippen molar-refractivity contribution in [1.82, 2.24) is 15.5 Å². The third-order valence-corrected chi connectivity index (χ3v) is 2.98. The molecular formula is C14H27N3O.